The van der Waals surface area contributed by atoms with Crippen molar-refractivity contribution in [1.29, 1.82) is 5.26 Å². The van der Waals surface area contributed by atoms with E-state index in [2.05, 4.69) is 11.4 Å². The van der Waals surface area contributed by atoms with Gasteiger partial charge >= 0.3 is 0 Å². The van der Waals surface area contributed by atoms with E-state index in [1.165, 1.54) is 0 Å². The fourth-order valence-corrected chi connectivity index (χ4v) is 2.29. The van der Waals surface area contributed by atoms with Crippen LogP contribution in [0.1, 0.15) is 18.4 Å². The summed E-state index contributed by atoms with van der Waals surface area (Å²) in [6.07, 6.45) is 0. The third kappa shape index (κ3) is 4.86. The molecule has 98 valence electrons. The maximum absolute atomic E-state index is 11.3. The van der Waals surface area contributed by atoms with Gasteiger partial charge in [-0.3, -0.25) is 0 Å². The molecular weight excluding hydrogens is 248 g/mol. The maximum Gasteiger partial charge on any atom is 0.151 e. The van der Waals surface area contributed by atoms with Gasteiger partial charge in [0.15, 0.2) is 9.84 Å². The van der Waals surface area contributed by atoms with Gasteiger partial charge in [-0.05, 0) is 5.56 Å². The van der Waals surface area contributed by atoms with Crippen LogP contribution in [0.4, 0.5) is 0 Å². The van der Waals surface area contributed by atoms with Crippen LogP contribution < -0.4 is 5.32 Å². The number of hydrogen-bond donors (Lipinski definition) is 1. The zero-order chi connectivity index (χ0) is 13.4. The van der Waals surface area contributed by atoms with Crippen LogP contribution in [0.15, 0.2) is 30.3 Å². The summed E-state index contributed by atoms with van der Waals surface area (Å²) >= 11 is 0. The molecule has 0 amide bonds. The Kier molecular flexibility index (Phi) is 5.83. The summed E-state index contributed by atoms with van der Waals surface area (Å²) in [5.41, 5.74) is 0.950. The molecule has 0 bridgehead atoms. The Morgan fingerprint density at radius 3 is 2.56 bits per heavy atom. The fourth-order valence-electron chi connectivity index (χ4n) is 1.54. The van der Waals surface area contributed by atoms with Crippen molar-refractivity contribution in [3.8, 4) is 6.07 Å². The van der Waals surface area contributed by atoms with E-state index in [9.17, 15) is 8.42 Å². The van der Waals surface area contributed by atoms with Crippen LogP contribution in [0, 0.1) is 11.3 Å². The van der Waals surface area contributed by atoms with Crippen LogP contribution in [-0.4, -0.2) is 33.0 Å². The first-order valence-electron chi connectivity index (χ1n) is 5.94. The number of rotatable bonds is 7. The van der Waals surface area contributed by atoms with E-state index in [0.717, 1.165) is 5.56 Å². The lowest BCUT2D eigenvalue weighted by molar-refractivity contribution is 0.590. The number of benzene rings is 1. The lowest BCUT2D eigenvalue weighted by Crippen LogP contribution is -2.27. The van der Waals surface area contributed by atoms with Crippen LogP contribution in [0.5, 0.6) is 0 Å². The summed E-state index contributed by atoms with van der Waals surface area (Å²) in [5, 5.41) is 12.1. The van der Waals surface area contributed by atoms with Crippen LogP contribution in [-0.2, 0) is 9.84 Å². The minimum absolute atomic E-state index is 0.121. The summed E-state index contributed by atoms with van der Waals surface area (Å²) < 4.78 is 22.6. The molecule has 0 saturated heterocycles. The summed E-state index contributed by atoms with van der Waals surface area (Å²) in [7, 11) is -2.93. The van der Waals surface area contributed by atoms with Gasteiger partial charge < -0.3 is 5.32 Å². The predicted octanol–water partition coefficient (Wildman–Crippen LogP) is 1.32. The van der Waals surface area contributed by atoms with Crippen molar-refractivity contribution < 1.29 is 8.42 Å². The molecule has 0 aliphatic rings. The molecule has 0 fully saturated rings. The molecule has 4 nitrogen and oxygen atoms in total. The molecule has 1 atom stereocenters. The normalized spacial score (nSPS) is 12.9. The Balaban J connectivity index is 2.41. The molecule has 0 radical (unpaired) electrons. The monoisotopic (exact) mass is 266 g/mol. The molecule has 0 aromatic heterocycles. The molecule has 0 aliphatic heterocycles. The highest BCUT2D eigenvalue weighted by Gasteiger charge is 2.11. The second-order valence-corrected chi connectivity index (χ2v) is 6.51. The van der Waals surface area contributed by atoms with Crippen molar-refractivity contribution in [3.05, 3.63) is 35.9 Å². The predicted molar refractivity (Wildman–Crippen MR) is 72.0 cm³/mol. The zero-order valence-corrected chi connectivity index (χ0v) is 11.3. The Morgan fingerprint density at radius 1 is 1.33 bits per heavy atom. The van der Waals surface area contributed by atoms with Gasteiger partial charge in [-0.2, -0.15) is 5.26 Å². The van der Waals surface area contributed by atoms with Gasteiger partial charge in [0, 0.05) is 18.8 Å². The largest absolute Gasteiger partial charge is 0.314 e. The summed E-state index contributed by atoms with van der Waals surface area (Å²) in [4.78, 5) is 0. The van der Waals surface area contributed by atoms with Gasteiger partial charge in [0.2, 0.25) is 0 Å². The first-order valence-corrected chi connectivity index (χ1v) is 7.77. The number of hydrogen-bond acceptors (Lipinski definition) is 4. The highest BCUT2D eigenvalue weighted by molar-refractivity contribution is 7.91. The SMILES string of the molecule is CCS(=O)(=O)CCNCC(C#N)c1ccccc1. The molecule has 0 heterocycles. The van der Waals surface area contributed by atoms with Crippen molar-refractivity contribution >= 4 is 9.84 Å². The quantitative estimate of drug-likeness (QED) is 0.756. The van der Waals surface area contributed by atoms with Crippen LogP contribution in [0.3, 0.4) is 0 Å². The second-order valence-electron chi connectivity index (χ2n) is 4.03. The Morgan fingerprint density at radius 2 is 2.00 bits per heavy atom. The van der Waals surface area contributed by atoms with Crippen molar-refractivity contribution in [2.24, 2.45) is 0 Å². The maximum atomic E-state index is 11.3. The van der Waals surface area contributed by atoms with Crippen molar-refractivity contribution in [2.45, 2.75) is 12.8 Å². The van der Waals surface area contributed by atoms with Crippen LogP contribution in [0.2, 0.25) is 0 Å². The third-order valence-corrected chi connectivity index (χ3v) is 4.44. The second kappa shape index (κ2) is 7.14. The number of sulfone groups is 1. The molecule has 1 aromatic carbocycles. The van der Waals surface area contributed by atoms with Gasteiger partial charge in [0.25, 0.3) is 0 Å². The van der Waals surface area contributed by atoms with Crippen molar-refractivity contribution in [3.63, 3.8) is 0 Å². The Bertz CT molecular complexity index is 491. The first kappa shape index (κ1) is 14.7. The first-order chi connectivity index (χ1) is 8.59. The average Bonchev–Trinajstić information content (AvgIpc) is 2.40. The zero-order valence-electron chi connectivity index (χ0n) is 10.5. The minimum Gasteiger partial charge on any atom is -0.314 e. The van der Waals surface area contributed by atoms with Gasteiger partial charge in [-0.15, -0.1) is 0 Å². The number of nitriles is 1. The molecule has 1 aromatic rings. The molecular formula is C13H18N2O2S. The van der Waals surface area contributed by atoms with E-state index < -0.39 is 9.84 Å². The van der Waals surface area contributed by atoms with Crippen LogP contribution >= 0.6 is 0 Å². The number of nitrogens with one attached hydrogen (secondary N) is 1. The molecule has 0 aliphatic carbocycles. The number of nitrogens with zero attached hydrogens (tertiary/aromatic N) is 1. The van der Waals surface area contributed by atoms with Gasteiger partial charge in [0.1, 0.15) is 0 Å². The van der Waals surface area contributed by atoms with Crippen LogP contribution in [0.25, 0.3) is 0 Å². The molecule has 0 saturated carbocycles. The average molecular weight is 266 g/mol. The molecule has 18 heavy (non-hydrogen) atoms. The highest BCUT2D eigenvalue weighted by Crippen LogP contribution is 2.12. The van der Waals surface area contributed by atoms with E-state index in [1.54, 1.807) is 6.92 Å². The lowest BCUT2D eigenvalue weighted by Gasteiger charge is -2.10. The minimum atomic E-state index is -2.93. The van der Waals surface area contributed by atoms with E-state index in [4.69, 9.17) is 5.26 Å². The molecule has 0 spiro atoms. The lowest BCUT2D eigenvalue weighted by atomic mass is 10.0. The van der Waals surface area contributed by atoms with E-state index in [0.29, 0.717) is 13.1 Å². The summed E-state index contributed by atoms with van der Waals surface area (Å²) in [6, 6.07) is 11.7. The Labute approximate surface area is 109 Å². The smallest absolute Gasteiger partial charge is 0.151 e. The topological polar surface area (TPSA) is 70.0 Å². The molecule has 5 heteroatoms. The Hall–Kier alpha value is -1.38. The van der Waals surface area contributed by atoms with E-state index >= 15 is 0 Å². The standard InChI is InChI=1S/C13H18N2O2S/c1-2-18(16,17)9-8-15-11-13(10-14)12-6-4-3-5-7-12/h3-7,13,15H,2,8-9,11H2,1H3. The molecule has 1 N–H and O–H groups in total. The van der Waals surface area contributed by atoms with Gasteiger partial charge in [-0.25, -0.2) is 8.42 Å². The van der Waals surface area contributed by atoms with Crippen molar-refractivity contribution in [2.75, 3.05) is 24.6 Å². The third-order valence-electron chi connectivity index (χ3n) is 2.74. The highest BCUT2D eigenvalue weighted by atomic mass is 32.2. The van der Waals surface area contributed by atoms with Gasteiger partial charge in [-0.1, -0.05) is 37.3 Å². The van der Waals surface area contributed by atoms with Gasteiger partial charge in [0.05, 0.1) is 17.7 Å². The molecule has 1 rings (SSSR count). The summed E-state index contributed by atoms with van der Waals surface area (Å²) in [5.74, 6) is 0.0430. The van der Waals surface area contributed by atoms with E-state index in [-0.39, 0.29) is 17.4 Å². The summed E-state index contributed by atoms with van der Waals surface area (Å²) in [6.45, 7) is 2.50. The fraction of sp³-hybridized carbons (Fsp3) is 0.462. The molecule has 1 unspecified atom stereocenters. The van der Waals surface area contributed by atoms with Crippen molar-refractivity contribution in [1.82, 2.24) is 5.32 Å². The van der Waals surface area contributed by atoms with E-state index in [1.807, 2.05) is 30.3 Å².